The fraction of sp³-hybridized carbons (Fsp3) is 0.0556. The molecule has 0 aliphatic carbocycles. The number of anilines is 4. The minimum Gasteiger partial charge on any atom is -0.465 e. The van der Waals surface area contributed by atoms with E-state index >= 15 is 0 Å². The highest BCUT2D eigenvalue weighted by atomic mass is 16.5. The summed E-state index contributed by atoms with van der Waals surface area (Å²) >= 11 is 0. The molecule has 0 radical (unpaired) electrons. The Kier molecular flexibility index (Phi) is 4.67. The van der Waals surface area contributed by atoms with Crippen molar-refractivity contribution < 1.29 is 9.53 Å². The molecule has 2 N–H and O–H groups in total. The van der Waals surface area contributed by atoms with E-state index < -0.39 is 0 Å². The zero-order chi connectivity index (χ0) is 16.8. The first-order valence-electron chi connectivity index (χ1n) is 7.34. The third-order valence-electron chi connectivity index (χ3n) is 3.27. The molecule has 0 amide bonds. The topological polar surface area (TPSA) is 76.1 Å². The molecule has 1 aromatic heterocycles. The van der Waals surface area contributed by atoms with Crippen LogP contribution in [-0.4, -0.2) is 23.0 Å². The summed E-state index contributed by atoms with van der Waals surface area (Å²) in [5.74, 6) is 0.904. The van der Waals surface area contributed by atoms with Crippen LogP contribution in [0.1, 0.15) is 10.4 Å². The van der Waals surface area contributed by atoms with Gasteiger partial charge >= 0.3 is 5.97 Å². The van der Waals surface area contributed by atoms with Crippen LogP contribution in [0.15, 0.2) is 67.0 Å². The highest BCUT2D eigenvalue weighted by Gasteiger charge is 2.06. The van der Waals surface area contributed by atoms with Crippen molar-refractivity contribution in [2.45, 2.75) is 0 Å². The largest absolute Gasteiger partial charge is 0.465 e. The summed E-state index contributed by atoms with van der Waals surface area (Å²) in [4.78, 5) is 20.0. The molecule has 0 unspecified atom stereocenters. The van der Waals surface area contributed by atoms with Crippen LogP contribution in [0.2, 0.25) is 0 Å². The number of benzene rings is 2. The number of ether oxygens (including phenoxy) is 1. The Bertz CT molecular complexity index is 837. The number of rotatable bonds is 5. The number of esters is 1. The zero-order valence-corrected chi connectivity index (χ0v) is 13.1. The van der Waals surface area contributed by atoms with E-state index in [1.54, 1.807) is 24.3 Å². The summed E-state index contributed by atoms with van der Waals surface area (Å²) in [5.41, 5.74) is 2.15. The van der Waals surface area contributed by atoms with E-state index in [9.17, 15) is 4.79 Å². The molecular weight excluding hydrogens is 304 g/mol. The summed E-state index contributed by atoms with van der Waals surface area (Å²) in [6.07, 6.45) is 1.47. The van der Waals surface area contributed by atoms with E-state index in [1.807, 2.05) is 36.4 Å². The van der Waals surface area contributed by atoms with Gasteiger partial charge in [-0.2, -0.15) is 0 Å². The SMILES string of the molecule is COC(=O)c1cccc(Nc2cc(Nc3ccccc3)ncn2)c1. The van der Waals surface area contributed by atoms with Crippen LogP contribution in [0.3, 0.4) is 0 Å². The lowest BCUT2D eigenvalue weighted by Crippen LogP contribution is -2.02. The lowest BCUT2D eigenvalue weighted by molar-refractivity contribution is 0.0601. The van der Waals surface area contributed by atoms with Crippen LogP contribution in [0.4, 0.5) is 23.0 Å². The van der Waals surface area contributed by atoms with Gasteiger partial charge in [-0.1, -0.05) is 24.3 Å². The van der Waals surface area contributed by atoms with Crippen molar-refractivity contribution in [1.29, 1.82) is 0 Å². The Morgan fingerprint density at radius 3 is 2.25 bits per heavy atom. The molecule has 0 atom stereocenters. The van der Waals surface area contributed by atoms with Gasteiger partial charge in [-0.15, -0.1) is 0 Å². The predicted octanol–water partition coefficient (Wildman–Crippen LogP) is 3.75. The van der Waals surface area contributed by atoms with Crippen LogP contribution in [0, 0.1) is 0 Å². The Hall–Kier alpha value is -3.41. The number of carbonyl (C=O) groups excluding carboxylic acids is 1. The summed E-state index contributed by atoms with van der Waals surface area (Å²) in [7, 11) is 1.36. The van der Waals surface area contributed by atoms with Crippen molar-refractivity contribution in [3.8, 4) is 0 Å². The van der Waals surface area contributed by atoms with Gasteiger partial charge in [0.25, 0.3) is 0 Å². The average molecular weight is 320 g/mol. The number of hydrogen-bond acceptors (Lipinski definition) is 6. The molecule has 120 valence electrons. The zero-order valence-electron chi connectivity index (χ0n) is 13.1. The second-order valence-corrected chi connectivity index (χ2v) is 4.98. The maximum atomic E-state index is 11.6. The second kappa shape index (κ2) is 7.23. The molecule has 3 rings (SSSR count). The molecule has 0 aliphatic heterocycles. The van der Waals surface area contributed by atoms with Crippen molar-refractivity contribution in [1.82, 2.24) is 9.97 Å². The minimum absolute atomic E-state index is 0.382. The van der Waals surface area contributed by atoms with Gasteiger partial charge in [0.1, 0.15) is 18.0 Å². The molecule has 0 saturated heterocycles. The van der Waals surface area contributed by atoms with Gasteiger partial charge in [0.2, 0.25) is 0 Å². The smallest absolute Gasteiger partial charge is 0.337 e. The molecular formula is C18H16N4O2. The summed E-state index contributed by atoms with van der Waals surface area (Å²) in [5, 5.41) is 6.35. The van der Waals surface area contributed by atoms with Crippen molar-refractivity contribution >= 4 is 29.0 Å². The average Bonchev–Trinajstić information content (AvgIpc) is 2.62. The molecule has 0 saturated carbocycles. The van der Waals surface area contributed by atoms with Crippen molar-refractivity contribution in [3.05, 3.63) is 72.6 Å². The number of hydrogen-bond donors (Lipinski definition) is 2. The summed E-state index contributed by atoms with van der Waals surface area (Å²) < 4.78 is 4.72. The normalized spacial score (nSPS) is 10.0. The number of methoxy groups -OCH3 is 1. The monoisotopic (exact) mass is 320 g/mol. The van der Waals surface area contributed by atoms with E-state index in [2.05, 4.69) is 20.6 Å². The van der Waals surface area contributed by atoms with Crippen LogP contribution in [0.25, 0.3) is 0 Å². The maximum Gasteiger partial charge on any atom is 0.337 e. The third-order valence-corrected chi connectivity index (χ3v) is 3.27. The minimum atomic E-state index is -0.382. The molecule has 0 bridgehead atoms. The van der Waals surface area contributed by atoms with Gasteiger partial charge in [0.05, 0.1) is 12.7 Å². The Balaban J connectivity index is 1.76. The molecule has 1 heterocycles. The standard InChI is InChI=1S/C18H16N4O2/c1-24-18(23)13-6-5-9-15(10-13)22-17-11-16(19-12-20-17)21-14-7-3-2-4-8-14/h2-12H,1H3,(H2,19,20,21,22). The number of nitrogens with zero attached hydrogens (tertiary/aromatic N) is 2. The van der Waals surface area contributed by atoms with E-state index in [1.165, 1.54) is 13.4 Å². The number of carbonyl (C=O) groups is 1. The molecule has 2 aromatic carbocycles. The molecule has 6 nitrogen and oxygen atoms in total. The fourth-order valence-corrected chi connectivity index (χ4v) is 2.15. The van der Waals surface area contributed by atoms with Crippen LogP contribution in [-0.2, 0) is 4.74 Å². The van der Waals surface area contributed by atoms with Crippen molar-refractivity contribution in [2.24, 2.45) is 0 Å². The molecule has 3 aromatic rings. The first kappa shape index (κ1) is 15.5. The lowest BCUT2D eigenvalue weighted by Gasteiger charge is -2.09. The maximum absolute atomic E-state index is 11.6. The number of aromatic nitrogens is 2. The predicted molar refractivity (Wildman–Crippen MR) is 92.8 cm³/mol. The highest BCUT2D eigenvalue weighted by molar-refractivity contribution is 5.90. The van der Waals surface area contributed by atoms with Gasteiger partial charge in [0.15, 0.2) is 0 Å². The molecule has 0 aliphatic rings. The van der Waals surface area contributed by atoms with Gasteiger partial charge in [0, 0.05) is 17.4 Å². The Labute approximate surface area is 139 Å². The van der Waals surface area contributed by atoms with Gasteiger partial charge < -0.3 is 15.4 Å². The fourth-order valence-electron chi connectivity index (χ4n) is 2.15. The van der Waals surface area contributed by atoms with Gasteiger partial charge in [-0.25, -0.2) is 14.8 Å². The molecule has 24 heavy (non-hydrogen) atoms. The number of nitrogens with one attached hydrogen (secondary N) is 2. The van der Waals surface area contributed by atoms with Gasteiger partial charge in [-0.05, 0) is 30.3 Å². The highest BCUT2D eigenvalue weighted by Crippen LogP contribution is 2.20. The molecule has 0 spiro atoms. The first-order valence-corrected chi connectivity index (χ1v) is 7.34. The van der Waals surface area contributed by atoms with E-state index in [0.29, 0.717) is 17.2 Å². The van der Waals surface area contributed by atoms with E-state index in [0.717, 1.165) is 11.4 Å². The summed E-state index contributed by atoms with van der Waals surface area (Å²) in [6.45, 7) is 0. The van der Waals surface area contributed by atoms with Crippen LogP contribution < -0.4 is 10.6 Å². The Morgan fingerprint density at radius 1 is 0.875 bits per heavy atom. The quantitative estimate of drug-likeness (QED) is 0.697. The van der Waals surface area contributed by atoms with Crippen LogP contribution in [0.5, 0.6) is 0 Å². The molecule has 6 heteroatoms. The van der Waals surface area contributed by atoms with Gasteiger partial charge in [-0.3, -0.25) is 0 Å². The number of para-hydroxylation sites is 1. The second-order valence-electron chi connectivity index (χ2n) is 4.98. The van der Waals surface area contributed by atoms with E-state index in [4.69, 9.17) is 4.74 Å². The Morgan fingerprint density at radius 2 is 1.54 bits per heavy atom. The first-order chi connectivity index (χ1) is 11.7. The van der Waals surface area contributed by atoms with Crippen molar-refractivity contribution in [2.75, 3.05) is 17.7 Å². The van der Waals surface area contributed by atoms with E-state index in [-0.39, 0.29) is 5.97 Å². The van der Waals surface area contributed by atoms with Crippen LogP contribution >= 0.6 is 0 Å². The van der Waals surface area contributed by atoms with Crippen molar-refractivity contribution in [3.63, 3.8) is 0 Å². The molecule has 0 fully saturated rings. The summed E-state index contributed by atoms with van der Waals surface area (Å²) in [6, 6.07) is 18.6. The lowest BCUT2D eigenvalue weighted by atomic mass is 10.2. The third kappa shape index (κ3) is 3.86.